The van der Waals surface area contributed by atoms with Gasteiger partial charge >= 0.3 is 63.3 Å². The van der Waals surface area contributed by atoms with E-state index < -0.39 is 23.6 Å². The van der Waals surface area contributed by atoms with E-state index in [1.54, 1.807) is 4.57 Å². The van der Waals surface area contributed by atoms with Crippen LogP contribution in [0.2, 0.25) is 5.15 Å². The van der Waals surface area contributed by atoms with E-state index in [4.69, 9.17) is 26.8 Å². The van der Waals surface area contributed by atoms with E-state index in [0.29, 0.717) is 17.7 Å². The van der Waals surface area contributed by atoms with Crippen LogP contribution in [0.3, 0.4) is 0 Å². The Balaban J connectivity index is 0.00000156. The molecule has 9 nitrogen and oxygen atoms in total. The van der Waals surface area contributed by atoms with Gasteiger partial charge in [-0.25, -0.2) is 4.98 Å². The predicted molar refractivity (Wildman–Crippen MR) is 80.2 cm³/mol. The van der Waals surface area contributed by atoms with Gasteiger partial charge < -0.3 is 21.2 Å². The van der Waals surface area contributed by atoms with Crippen molar-refractivity contribution in [3.63, 3.8) is 0 Å². The summed E-state index contributed by atoms with van der Waals surface area (Å²) in [7, 11) is 0. The Kier molecular flexibility index (Phi) is 5.88. The van der Waals surface area contributed by atoms with Crippen LogP contribution in [-0.2, 0) is 25.6 Å². The molecule has 2 N–H and O–H groups in total. The summed E-state index contributed by atoms with van der Waals surface area (Å²) in [6, 6.07) is 0. The van der Waals surface area contributed by atoms with Crippen molar-refractivity contribution in [2.75, 3.05) is 5.73 Å². The average Bonchev–Trinajstić information content (AvgIpc) is 2.79. The quantitative estimate of drug-likeness (QED) is 0.282. The summed E-state index contributed by atoms with van der Waals surface area (Å²) in [4.78, 5) is 35.9. The number of esters is 2. The van der Waals surface area contributed by atoms with E-state index >= 15 is 0 Å². The van der Waals surface area contributed by atoms with E-state index in [0.717, 1.165) is 0 Å². The van der Waals surface area contributed by atoms with E-state index in [1.807, 2.05) is 0 Å². The standard InChI is InChI=1S/C13H14ClN5O4.K.H/c1-13(2)22-10(20)6(11(21)23-13)3-4-19-5-16-7-8(14)17-12(15)18-9(7)19;;/h5-6H,3-4H2,1-2H3,(H2,15,17,18);;/q;+1;-1. The Hall–Kier alpha value is -0.784. The van der Waals surface area contributed by atoms with Crippen LogP contribution < -0.4 is 57.1 Å². The molecule has 0 amide bonds. The molecule has 0 unspecified atom stereocenters. The maximum absolute atomic E-state index is 11.9. The van der Waals surface area contributed by atoms with Crippen LogP contribution in [0.15, 0.2) is 6.33 Å². The molecule has 24 heavy (non-hydrogen) atoms. The number of halogens is 1. The van der Waals surface area contributed by atoms with Crippen molar-refractivity contribution >= 4 is 40.7 Å². The van der Waals surface area contributed by atoms with Crippen LogP contribution >= 0.6 is 11.6 Å². The van der Waals surface area contributed by atoms with Crippen molar-refractivity contribution < 1.29 is 71.9 Å². The van der Waals surface area contributed by atoms with E-state index in [-0.39, 0.29) is 70.3 Å². The summed E-state index contributed by atoms with van der Waals surface area (Å²) in [5, 5.41) is 0.143. The summed E-state index contributed by atoms with van der Waals surface area (Å²) in [6.45, 7) is 3.30. The largest absolute Gasteiger partial charge is 1.00 e. The maximum Gasteiger partial charge on any atom is 1.00 e. The number of nitrogen functional groups attached to an aromatic ring is 1. The van der Waals surface area contributed by atoms with E-state index in [9.17, 15) is 9.59 Å². The molecule has 2 aromatic rings. The van der Waals surface area contributed by atoms with E-state index in [2.05, 4.69) is 15.0 Å². The van der Waals surface area contributed by atoms with Crippen molar-refractivity contribution in [2.24, 2.45) is 5.92 Å². The number of anilines is 1. The van der Waals surface area contributed by atoms with Gasteiger partial charge in [0.25, 0.3) is 5.79 Å². The first-order valence-corrected chi connectivity index (χ1v) is 7.24. The molecule has 0 spiro atoms. The van der Waals surface area contributed by atoms with Gasteiger partial charge in [-0.15, -0.1) is 0 Å². The van der Waals surface area contributed by atoms with Crippen molar-refractivity contribution in [1.82, 2.24) is 19.5 Å². The number of hydrogen-bond acceptors (Lipinski definition) is 8. The molecule has 0 aliphatic carbocycles. The summed E-state index contributed by atoms with van der Waals surface area (Å²) < 4.78 is 11.8. The zero-order valence-corrected chi connectivity index (χ0v) is 17.3. The third-order valence-corrected chi connectivity index (χ3v) is 3.62. The van der Waals surface area contributed by atoms with Gasteiger partial charge in [0.15, 0.2) is 16.7 Å². The fourth-order valence-electron chi connectivity index (χ4n) is 2.34. The zero-order valence-electron chi connectivity index (χ0n) is 14.4. The summed E-state index contributed by atoms with van der Waals surface area (Å²) in [6.07, 6.45) is 1.68. The molecule has 0 atom stereocenters. The van der Waals surface area contributed by atoms with Gasteiger partial charge in [0.1, 0.15) is 5.52 Å². The number of rotatable bonds is 3. The van der Waals surface area contributed by atoms with Gasteiger partial charge in [-0.2, -0.15) is 9.97 Å². The first-order chi connectivity index (χ1) is 10.8. The van der Waals surface area contributed by atoms with Crippen LogP contribution in [0.4, 0.5) is 5.95 Å². The molecule has 0 radical (unpaired) electrons. The Labute approximate surface area is 186 Å². The van der Waals surface area contributed by atoms with Crippen molar-refractivity contribution in [2.45, 2.75) is 32.6 Å². The fraction of sp³-hybridized carbons (Fsp3) is 0.462. The summed E-state index contributed by atoms with van der Waals surface area (Å²) >= 11 is 5.95. The number of fused-ring (bicyclic) bond motifs is 1. The number of nitrogens with zero attached hydrogens (tertiary/aromatic N) is 4. The second-order valence-corrected chi connectivity index (χ2v) is 5.92. The van der Waals surface area contributed by atoms with Gasteiger partial charge in [0, 0.05) is 20.4 Å². The zero-order chi connectivity index (χ0) is 16.8. The molecule has 11 heteroatoms. The SMILES string of the molecule is CC1(C)OC(=O)C(CCn2cnc3c(Cl)nc(N)nc32)C(=O)O1.[H-].[K+]. The number of aromatic nitrogens is 4. The van der Waals surface area contributed by atoms with Gasteiger partial charge in [0.05, 0.1) is 6.33 Å². The monoisotopic (exact) mass is 379 g/mol. The third kappa shape index (κ3) is 3.89. The number of aryl methyl sites for hydroxylation is 1. The second kappa shape index (κ2) is 7.22. The average molecular weight is 380 g/mol. The van der Waals surface area contributed by atoms with Crippen LogP contribution in [0, 0.1) is 5.92 Å². The molecule has 1 aliphatic heterocycles. The molecule has 0 saturated carbocycles. The molecule has 0 bridgehead atoms. The number of ether oxygens (including phenoxy) is 2. The Morgan fingerprint density at radius 1 is 1.33 bits per heavy atom. The van der Waals surface area contributed by atoms with Gasteiger partial charge in [-0.1, -0.05) is 11.6 Å². The predicted octanol–water partition coefficient (Wildman–Crippen LogP) is -1.98. The number of carbonyl (C=O) groups excluding carboxylic acids is 2. The second-order valence-electron chi connectivity index (χ2n) is 5.57. The van der Waals surface area contributed by atoms with Gasteiger partial charge in [-0.3, -0.25) is 9.59 Å². The normalized spacial score (nSPS) is 17.3. The van der Waals surface area contributed by atoms with Crippen LogP contribution in [0.1, 0.15) is 21.7 Å². The number of nitrogens with two attached hydrogens (primary N) is 1. The molecule has 3 rings (SSSR count). The van der Waals surface area contributed by atoms with Crippen LogP contribution in [-0.4, -0.2) is 37.2 Å². The fourth-order valence-corrected chi connectivity index (χ4v) is 2.56. The molecule has 2 aromatic heterocycles. The third-order valence-electron chi connectivity index (χ3n) is 3.36. The maximum atomic E-state index is 11.9. The first kappa shape index (κ1) is 19.5. The van der Waals surface area contributed by atoms with Crippen molar-refractivity contribution in [3.05, 3.63) is 11.5 Å². The topological polar surface area (TPSA) is 122 Å². The Bertz CT molecular complexity index is 795. The number of hydrogen-bond donors (Lipinski definition) is 1. The van der Waals surface area contributed by atoms with Crippen LogP contribution in [0.5, 0.6) is 0 Å². The number of imidazole rings is 1. The molecular weight excluding hydrogens is 365 g/mol. The van der Waals surface area contributed by atoms with Crippen molar-refractivity contribution in [3.8, 4) is 0 Å². The minimum atomic E-state index is -1.23. The summed E-state index contributed by atoms with van der Waals surface area (Å²) in [5.74, 6) is -3.43. The number of cyclic esters (lactones) is 2. The minimum absolute atomic E-state index is 0. The Morgan fingerprint density at radius 2 is 1.96 bits per heavy atom. The first-order valence-electron chi connectivity index (χ1n) is 6.86. The van der Waals surface area contributed by atoms with Gasteiger partial charge in [-0.05, 0) is 6.42 Å². The minimum Gasteiger partial charge on any atom is -1.00 e. The van der Waals surface area contributed by atoms with E-state index in [1.165, 1.54) is 20.2 Å². The number of carbonyl (C=O) groups is 2. The molecule has 124 valence electrons. The molecular formula is C13H15ClKN5O4. The molecule has 0 aromatic carbocycles. The molecule has 3 heterocycles. The molecule has 1 fully saturated rings. The Morgan fingerprint density at radius 3 is 2.58 bits per heavy atom. The van der Waals surface area contributed by atoms with Gasteiger partial charge in [0.2, 0.25) is 5.95 Å². The smallest absolute Gasteiger partial charge is 1.00 e. The molecule has 1 aliphatic rings. The summed E-state index contributed by atoms with van der Waals surface area (Å²) in [5.41, 5.74) is 6.40. The van der Waals surface area contributed by atoms with Crippen LogP contribution in [0.25, 0.3) is 11.2 Å². The molecule has 1 saturated heterocycles. The van der Waals surface area contributed by atoms with Crippen molar-refractivity contribution in [1.29, 1.82) is 0 Å².